The average molecular weight is 185 g/mol. The van der Waals surface area contributed by atoms with Crippen LogP contribution in [-0.4, -0.2) is 24.5 Å². The van der Waals surface area contributed by atoms with E-state index in [1.165, 1.54) is 38.9 Å². The fourth-order valence-electron chi connectivity index (χ4n) is 1.46. The molecule has 0 fully saturated rings. The van der Waals surface area contributed by atoms with Crippen molar-refractivity contribution < 1.29 is 0 Å². The molecule has 0 N–H and O–H groups in total. The molecule has 0 saturated carbocycles. The summed E-state index contributed by atoms with van der Waals surface area (Å²) in [5, 5.41) is 0. The van der Waals surface area contributed by atoms with Crippen LogP contribution in [0.2, 0.25) is 0 Å². The van der Waals surface area contributed by atoms with Crippen molar-refractivity contribution in [1.29, 1.82) is 0 Å². The molecule has 1 nitrogen and oxygen atoms in total. The second-order valence-corrected chi connectivity index (χ2v) is 5.15. The van der Waals surface area contributed by atoms with Crippen molar-refractivity contribution in [1.82, 2.24) is 4.90 Å². The summed E-state index contributed by atoms with van der Waals surface area (Å²) in [6.45, 7) is 15.3. The van der Waals surface area contributed by atoms with E-state index in [1.54, 1.807) is 0 Å². The van der Waals surface area contributed by atoms with Gasteiger partial charge in [-0.2, -0.15) is 0 Å². The molecule has 0 aliphatic rings. The SMILES string of the molecule is CCCN(CCC)CCC(C)(C)C. The lowest BCUT2D eigenvalue weighted by molar-refractivity contribution is 0.228. The molecule has 0 aromatic carbocycles. The molecule has 1 heteroatoms. The monoisotopic (exact) mass is 185 g/mol. The molecule has 0 aromatic heterocycles. The van der Waals surface area contributed by atoms with Gasteiger partial charge in [0.2, 0.25) is 0 Å². The molecular weight excluding hydrogens is 158 g/mol. The Morgan fingerprint density at radius 3 is 1.62 bits per heavy atom. The lowest BCUT2D eigenvalue weighted by Gasteiger charge is -2.26. The molecular formula is C12H27N. The minimum absolute atomic E-state index is 0.486. The Labute approximate surface area is 84.5 Å². The third-order valence-electron chi connectivity index (χ3n) is 2.26. The predicted molar refractivity (Wildman–Crippen MR) is 61.1 cm³/mol. The number of rotatable bonds is 6. The Balaban J connectivity index is 3.68. The van der Waals surface area contributed by atoms with E-state index >= 15 is 0 Å². The first kappa shape index (κ1) is 13.0. The van der Waals surface area contributed by atoms with Crippen LogP contribution in [0.1, 0.15) is 53.9 Å². The quantitative estimate of drug-likeness (QED) is 0.612. The zero-order valence-corrected chi connectivity index (χ0v) is 10.2. The van der Waals surface area contributed by atoms with E-state index in [9.17, 15) is 0 Å². The van der Waals surface area contributed by atoms with Crippen LogP contribution in [0.25, 0.3) is 0 Å². The second-order valence-electron chi connectivity index (χ2n) is 5.15. The van der Waals surface area contributed by atoms with E-state index < -0.39 is 0 Å². The van der Waals surface area contributed by atoms with Gasteiger partial charge in [-0.25, -0.2) is 0 Å². The van der Waals surface area contributed by atoms with Crippen molar-refractivity contribution >= 4 is 0 Å². The fraction of sp³-hybridized carbons (Fsp3) is 1.00. The Kier molecular flexibility index (Phi) is 6.40. The first-order valence-corrected chi connectivity index (χ1v) is 5.72. The third-order valence-corrected chi connectivity index (χ3v) is 2.26. The number of nitrogens with zero attached hydrogens (tertiary/aromatic N) is 1. The van der Waals surface area contributed by atoms with Crippen molar-refractivity contribution in [2.24, 2.45) is 5.41 Å². The summed E-state index contributed by atoms with van der Waals surface area (Å²) in [6.07, 6.45) is 3.88. The number of hydrogen-bond donors (Lipinski definition) is 0. The van der Waals surface area contributed by atoms with E-state index in [1.807, 2.05) is 0 Å². The van der Waals surface area contributed by atoms with Crippen molar-refractivity contribution in [2.45, 2.75) is 53.9 Å². The van der Waals surface area contributed by atoms with Crippen LogP contribution in [-0.2, 0) is 0 Å². The van der Waals surface area contributed by atoms with Gasteiger partial charge in [0, 0.05) is 0 Å². The van der Waals surface area contributed by atoms with Crippen LogP contribution in [0.4, 0.5) is 0 Å². The molecule has 80 valence electrons. The van der Waals surface area contributed by atoms with Crippen LogP contribution in [0.3, 0.4) is 0 Å². The summed E-state index contributed by atoms with van der Waals surface area (Å²) in [5.74, 6) is 0. The van der Waals surface area contributed by atoms with E-state index in [4.69, 9.17) is 0 Å². The maximum atomic E-state index is 2.59. The molecule has 0 radical (unpaired) electrons. The highest BCUT2D eigenvalue weighted by molar-refractivity contribution is 4.65. The fourth-order valence-corrected chi connectivity index (χ4v) is 1.46. The Morgan fingerprint density at radius 1 is 0.846 bits per heavy atom. The summed E-state index contributed by atoms with van der Waals surface area (Å²) in [6, 6.07) is 0. The lowest BCUT2D eigenvalue weighted by atomic mass is 9.92. The van der Waals surface area contributed by atoms with Gasteiger partial charge < -0.3 is 4.90 Å². The van der Waals surface area contributed by atoms with Gasteiger partial charge in [0.1, 0.15) is 0 Å². The largest absolute Gasteiger partial charge is 0.303 e. The molecule has 0 aromatic rings. The Hall–Kier alpha value is -0.0400. The first-order chi connectivity index (χ1) is 5.99. The molecule has 0 amide bonds. The van der Waals surface area contributed by atoms with Gasteiger partial charge in [-0.15, -0.1) is 0 Å². The molecule has 0 aliphatic carbocycles. The van der Waals surface area contributed by atoms with Gasteiger partial charge in [-0.3, -0.25) is 0 Å². The average Bonchev–Trinajstić information content (AvgIpc) is 2.00. The summed E-state index contributed by atoms with van der Waals surface area (Å²) in [7, 11) is 0. The highest BCUT2D eigenvalue weighted by Crippen LogP contribution is 2.18. The maximum absolute atomic E-state index is 2.59. The van der Waals surface area contributed by atoms with E-state index in [-0.39, 0.29) is 0 Å². The van der Waals surface area contributed by atoms with Crippen LogP contribution < -0.4 is 0 Å². The van der Waals surface area contributed by atoms with Gasteiger partial charge in [0.25, 0.3) is 0 Å². The third kappa shape index (κ3) is 8.29. The molecule has 0 atom stereocenters. The standard InChI is InChI=1S/C12H27N/c1-6-9-13(10-7-2)11-8-12(3,4)5/h6-11H2,1-5H3. The van der Waals surface area contributed by atoms with Gasteiger partial charge in [-0.05, 0) is 44.3 Å². The minimum atomic E-state index is 0.486. The normalized spacial score (nSPS) is 12.5. The zero-order valence-electron chi connectivity index (χ0n) is 10.2. The molecule has 0 spiro atoms. The van der Waals surface area contributed by atoms with Gasteiger partial charge in [0.05, 0.1) is 0 Å². The highest BCUT2D eigenvalue weighted by Gasteiger charge is 2.12. The van der Waals surface area contributed by atoms with Crippen molar-refractivity contribution in [3.8, 4) is 0 Å². The van der Waals surface area contributed by atoms with Gasteiger partial charge >= 0.3 is 0 Å². The molecule has 0 bridgehead atoms. The van der Waals surface area contributed by atoms with E-state index in [2.05, 4.69) is 39.5 Å². The Morgan fingerprint density at radius 2 is 1.31 bits per heavy atom. The molecule has 13 heavy (non-hydrogen) atoms. The van der Waals surface area contributed by atoms with Crippen molar-refractivity contribution in [3.05, 3.63) is 0 Å². The summed E-state index contributed by atoms with van der Waals surface area (Å²) in [4.78, 5) is 2.59. The zero-order chi connectivity index (χ0) is 10.3. The van der Waals surface area contributed by atoms with Crippen LogP contribution in [0.5, 0.6) is 0 Å². The topological polar surface area (TPSA) is 3.24 Å². The van der Waals surface area contributed by atoms with Crippen molar-refractivity contribution in [3.63, 3.8) is 0 Å². The maximum Gasteiger partial charge on any atom is -0.00138 e. The molecule has 0 heterocycles. The van der Waals surface area contributed by atoms with E-state index in [0.29, 0.717) is 5.41 Å². The van der Waals surface area contributed by atoms with Crippen LogP contribution in [0.15, 0.2) is 0 Å². The smallest absolute Gasteiger partial charge is 0.00138 e. The number of hydrogen-bond acceptors (Lipinski definition) is 1. The first-order valence-electron chi connectivity index (χ1n) is 5.72. The molecule has 0 aliphatic heterocycles. The lowest BCUT2D eigenvalue weighted by Crippen LogP contribution is -2.29. The highest BCUT2D eigenvalue weighted by atomic mass is 15.1. The second kappa shape index (κ2) is 6.42. The predicted octanol–water partition coefficient (Wildman–Crippen LogP) is 3.54. The summed E-state index contributed by atoms with van der Waals surface area (Å²) < 4.78 is 0. The summed E-state index contributed by atoms with van der Waals surface area (Å²) in [5.41, 5.74) is 0.486. The molecule has 0 unspecified atom stereocenters. The summed E-state index contributed by atoms with van der Waals surface area (Å²) >= 11 is 0. The van der Waals surface area contributed by atoms with Gasteiger partial charge in [0.15, 0.2) is 0 Å². The van der Waals surface area contributed by atoms with Crippen molar-refractivity contribution in [2.75, 3.05) is 19.6 Å². The van der Waals surface area contributed by atoms with E-state index in [0.717, 1.165) is 0 Å². The van der Waals surface area contributed by atoms with Gasteiger partial charge in [-0.1, -0.05) is 34.6 Å². The minimum Gasteiger partial charge on any atom is -0.303 e. The molecule has 0 saturated heterocycles. The Bertz CT molecular complexity index is 107. The molecule has 0 rings (SSSR count). The van der Waals surface area contributed by atoms with Crippen LogP contribution in [0, 0.1) is 5.41 Å². The van der Waals surface area contributed by atoms with Crippen LogP contribution >= 0.6 is 0 Å².